The zero-order valence-electron chi connectivity index (χ0n) is 10.7. The van der Waals surface area contributed by atoms with Crippen LogP contribution < -0.4 is 10.5 Å². The van der Waals surface area contributed by atoms with Crippen molar-refractivity contribution in [3.05, 3.63) is 23.6 Å². The molecule has 5 heteroatoms. The summed E-state index contributed by atoms with van der Waals surface area (Å²) in [6.07, 6.45) is 3.21. The van der Waals surface area contributed by atoms with Gasteiger partial charge >= 0.3 is 0 Å². The molecule has 0 aliphatic carbocycles. The van der Waals surface area contributed by atoms with E-state index < -0.39 is 5.82 Å². The van der Waals surface area contributed by atoms with E-state index in [1.807, 2.05) is 13.8 Å². The molecule has 1 aromatic heterocycles. The van der Waals surface area contributed by atoms with Crippen LogP contribution in [-0.2, 0) is 11.3 Å². The molecule has 100 valence electrons. The molecule has 0 aromatic carbocycles. The zero-order valence-corrected chi connectivity index (χ0v) is 10.7. The number of nitrogens with two attached hydrogens (primary N) is 1. The Morgan fingerprint density at radius 3 is 2.72 bits per heavy atom. The molecule has 1 aliphatic rings. The number of nitrogens with zero attached hydrogens (tertiary/aromatic N) is 1. The summed E-state index contributed by atoms with van der Waals surface area (Å²) < 4.78 is 25.2. The molecule has 0 spiro atoms. The van der Waals surface area contributed by atoms with Crippen molar-refractivity contribution < 1.29 is 13.9 Å². The van der Waals surface area contributed by atoms with E-state index in [-0.39, 0.29) is 30.7 Å². The van der Waals surface area contributed by atoms with Crippen LogP contribution in [0, 0.1) is 5.82 Å². The van der Waals surface area contributed by atoms with Gasteiger partial charge in [0.05, 0.1) is 12.2 Å². The number of rotatable bonds is 3. The van der Waals surface area contributed by atoms with Crippen molar-refractivity contribution in [3.8, 4) is 5.88 Å². The number of halogens is 1. The molecule has 0 bridgehead atoms. The van der Waals surface area contributed by atoms with Gasteiger partial charge in [-0.2, -0.15) is 0 Å². The van der Waals surface area contributed by atoms with Crippen LogP contribution in [0.1, 0.15) is 32.3 Å². The van der Waals surface area contributed by atoms with Gasteiger partial charge in [0.25, 0.3) is 5.88 Å². The second kappa shape index (κ2) is 5.63. The average molecular weight is 254 g/mol. The highest BCUT2D eigenvalue weighted by Gasteiger charge is 2.27. The van der Waals surface area contributed by atoms with E-state index in [1.54, 1.807) is 6.07 Å². The minimum Gasteiger partial charge on any atom is -0.472 e. The molecule has 1 aromatic rings. The molecule has 2 unspecified atom stereocenters. The van der Waals surface area contributed by atoms with Crippen molar-refractivity contribution in [2.45, 2.75) is 51.5 Å². The number of pyridine rings is 1. The minimum atomic E-state index is -0.452. The second-order valence-electron chi connectivity index (χ2n) is 4.76. The first kappa shape index (κ1) is 13.2. The fraction of sp³-hybridized carbons (Fsp3) is 0.615. The van der Waals surface area contributed by atoms with E-state index in [0.29, 0.717) is 5.56 Å². The van der Waals surface area contributed by atoms with Gasteiger partial charge < -0.3 is 15.2 Å². The summed E-state index contributed by atoms with van der Waals surface area (Å²) >= 11 is 0. The fourth-order valence-electron chi connectivity index (χ4n) is 2.30. The summed E-state index contributed by atoms with van der Waals surface area (Å²) in [7, 11) is 0. The van der Waals surface area contributed by atoms with Crippen molar-refractivity contribution in [2.75, 3.05) is 0 Å². The predicted octanol–water partition coefficient (Wildman–Crippen LogP) is 2.01. The van der Waals surface area contributed by atoms with E-state index in [2.05, 4.69) is 4.98 Å². The molecular weight excluding hydrogens is 235 g/mol. The van der Waals surface area contributed by atoms with Gasteiger partial charge in [-0.05, 0) is 19.9 Å². The first-order chi connectivity index (χ1) is 8.60. The van der Waals surface area contributed by atoms with E-state index >= 15 is 0 Å². The Morgan fingerprint density at radius 1 is 1.44 bits per heavy atom. The highest BCUT2D eigenvalue weighted by Crippen LogP contribution is 2.25. The molecule has 4 nitrogen and oxygen atoms in total. The number of ether oxygens (including phenoxy) is 2. The van der Waals surface area contributed by atoms with Crippen LogP contribution in [0.15, 0.2) is 12.3 Å². The molecule has 2 rings (SSSR count). The van der Waals surface area contributed by atoms with Gasteiger partial charge in [0.1, 0.15) is 6.10 Å². The zero-order chi connectivity index (χ0) is 13.1. The van der Waals surface area contributed by atoms with Crippen LogP contribution in [0.3, 0.4) is 0 Å². The fourth-order valence-corrected chi connectivity index (χ4v) is 2.30. The molecule has 2 heterocycles. The minimum absolute atomic E-state index is 0.0456. The van der Waals surface area contributed by atoms with Crippen molar-refractivity contribution in [2.24, 2.45) is 5.73 Å². The third kappa shape index (κ3) is 2.97. The summed E-state index contributed by atoms with van der Waals surface area (Å²) in [5.74, 6) is -0.406. The highest BCUT2D eigenvalue weighted by molar-refractivity contribution is 5.23. The molecule has 0 amide bonds. The second-order valence-corrected chi connectivity index (χ2v) is 4.76. The molecule has 2 atom stereocenters. The standard InChI is InChI=1S/C13H19FN2O2/c1-8-5-11(6-9(2)17-8)18-13-12(14)10(7-15)3-4-16-13/h3-4,8-9,11H,5-7,15H2,1-2H3. The quantitative estimate of drug-likeness (QED) is 0.896. The van der Waals surface area contributed by atoms with Gasteiger partial charge in [-0.1, -0.05) is 0 Å². The molecule has 1 aliphatic heterocycles. The van der Waals surface area contributed by atoms with Crippen molar-refractivity contribution in [1.29, 1.82) is 0 Å². The Bertz CT molecular complexity index is 404. The van der Waals surface area contributed by atoms with Gasteiger partial charge in [0, 0.05) is 31.1 Å². The smallest absolute Gasteiger partial charge is 0.250 e. The maximum Gasteiger partial charge on any atom is 0.250 e. The lowest BCUT2D eigenvalue weighted by molar-refractivity contribution is -0.0736. The van der Waals surface area contributed by atoms with Gasteiger partial charge in [-0.25, -0.2) is 9.37 Å². The first-order valence-electron chi connectivity index (χ1n) is 6.25. The number of hydrogen-bond donors (Lipinski definition) is 1. The third-order valence-electron chi connectivity index (χ3n) is 3.09. The molecule has 0 radical (unpaired) electrons. The maximum atomic E-state index is 13.9. The largest absolute Gasteiger partial charge is 0.472 e. The summed E-state index contributed by atoms with van der Waals surface area (Å²) in [5, 5.41) is 0. The van der Waals surface area contributed by atoms with Gasteiger partial charge in [0.15, 0.2) is 5.82 Å². The number of hydrogen-bond acceptors (Lipinski definition) is 4. The molecule has 2 N–H and O–H groups in total. The van der Waals surface area contributed by atoms with Crippen molar-refractivity contribution in [3.63, 3.8) is 0 Å². The molecular formula is C13H19FN2O2. The van der Waals surface area contributed by atoms with Gasteiger partial charge in [-0.15, -0.1) is 0 Å². The summed E-state index contributed by atoms with van der Waals surface area (Å²) in [6.45, 7) is 4.13. The van der Waals surface area contributed by atoms with E-state index in [0.717, 1.165) is 12.8 Å². The van der Waals surface area contributed by atoms with Gasteiger partial charge in [-0.3, -0.25) is 0 Å². The monoisotopic (exact) mass is 254 g/mol. The van der Waals surface area contributed by atoms with Crippen molar-refractivity contribution in [1.82, 2.24) is 4.98 Å². The molecule has 0 saturated carbocycles. The van der Waals surface area contributed by atoms with E-state index in [1.165, 1.54) is 6.20 Å². The maximum absolute atomic E-state index is 13.9. The van der Waals surface area contributed by atoms with Gasteiger partial charge in [0.2, 0.25) is 0 Å². The Balaban J connectivity index is 2.09. The summed E-state index contributed by atoms with van der Waals surface area (Å²) in [4.78, 5) is 3.94. The Labute approximate surface area is 106 Å². The first-order valence-corrected chi connectivity index (χ1v) is 6.25. The van der Waals surface area contributed by atoms with E-state index in [4.69, 9.17) is 15.2 Å². The average Bonchev–Trinajstić information content (AvgIpc) is 2.30. The molecule has 1 fully saturated rings. The Kier molecular flexibility index (Phi) is 4.14. The predicted molar refractivity (Wildman–Crippen MR) is 65.7 cm³/mol. The Morgan fingerprint density at radius 2 is 2.11 bits per heavy atom. The summed E-state index contributed by atoms with van der Waals surface area (Å²) in [5.41, 5.74) is 5.88. The van der Waals surface area contributed by atoms with Crippen LogP contribution >= 0.6 is 0 Å². The van der Waals surface area contributed by atoms with Crippen LogP contribution in [0.25, 0.3) is 0 Å². The lowest BCUT2D eigenvalue weighted by atomic mass is 10.0. The van der Waals surface area contributed by atoms with Crippen LogP contribution in [0.4, 0.5) is 4.39 Å². The van der Waals surface area contributed by atoms with E-state index in [9.17, 15) is 4.39 Å². The SMILES string of the molecule is CC1CC(Oc2nccc(CN)c2F)CC(C)O1. The molecule has 18 heavy (non-hydrogen) atoms. The topological polar surface area (TPSA) is 57.4 Å². The van der Waals surface area contributed by atoms with Crippen LogP contribution in [0.5, 0.6) is 5.88 Å². The number of aromatic nitrogens is 1. The lowest BCUT2D eigenvalue weighted by Crippen LogP contribution is -2.36. The van der Waals surface area contributed by atoms with Crippen LogP contribution in [-0.4, -0.2) is 23.3 Å². The Hall–Kier alpha value is -1.20. The normalized spacial score (nSPS) is 28.1. The highest BCUT2D eigenvalue weighted by atomic mass is 19.1. The summed E-state index contributed by atoms with van der Waals surface area (Å²) in [6, 6.07) is 1.57. The third-order valence-corrected chi connectivity index (χ3v) is 3.09. The van der Waals surface area contributed by atoms with Crippen molar-refractivity contribution >= 4 is 0 Å². The molecule has 1 saturated heterocycles. The van der Waals surface area contributed by atoms with Crippen LogP contribution in [0.2, 0.25) is 0 Å². The lowest BCUT2D eigenvalue weighted by Gasteiger charge is -2.32.